The Kier molecular flexibility index (Phi) is 4.65. The van der Waals surface area contributed by atoms with Crippen LogP contribution in [-0.4, -0.2) is 89.8 Å². The molecule has 30 heavy (non-hydrogen) atoms. The molecule has 3 saturated heterocycles. The van der Waals surface area contributed by atoms with Gasteiger partial charge in [-0.1, -0.05) is 0 Å². The van der Waals surface area contributed by atoms with Gasteiger partial charge in [0.15, 0.2) is 11.2 Å². The van der Waals surface area contributed by atoms with Crippen molar-refractivity contribution in [2.24, 2.45) is 0 Å². The van der Waals surface area contributed by atoms with Crippen LogP contribution in [0.2, 0.25) is 0 Å². The smallest absolute Gasteiger partial charge is 0.336 e. The molecule has 0 bridgehead atoms. The average molecular weight is 454 g/mol. The number of thioether (sulfide) groups is 1. The highest BCUT2D eigenvalue weighted by molar-refractivity contribution is 8.01. The highest BCUT2D eigenvalue weighted by atomic mass is 32.2. The molecule has 14 heteroatoms. The number of urea groups is 1. The van der Waals surface area contributed by atoms with E-state index in [0.717, 1.165) is 21.4 Å². The molecule has 12 nitrogen and oxygen atoms in total. The molecule has 3 aliphatic rings. The van der Waals surface area contributed by atoms with E-state index < -0.39 is 51.7 Å². The van der Waals surface area contributed by atoms with Gasteiger partial charge in [0.1, 0.15) is 22.8 Å². The lowest BCUT2D eigenvalue weighted by Crippen LogP contribution is -2.74. The summed E-state index contributed by atoms with van der Waals surface area (Å²) in [5, 5.41) is 23.5. The van der Waals surface area contributed by atoms with Crippen molar-refractivity contribution in [2.45, 2.75) is 36.1 Å². The zero-order valence-electron chi connectivity index (χ0n) is 16.0. The first-order valence-electron chi connectivity index (χ1n) is 8.96. The number of aromatic nitrogens is 1. The maximum absolute atomic E-state index is 13.2. The first-order chi connectivity index (χ1) is 14.0. The highest BCUT2D eigenvalue weighted by Gasteiger charge is 2.67. The Hall–Kier alpha value is -2.87. The van der Waals surface area contributed by atoms with Gasteiger partial charge in [-0.15, -0.1) is 23.1 Å². The highest BCUT2D eigenvalue weighted by Crippen LogP contribution is 2.52. The first-order valence-corrected chi connectivity index (χ1v) is 10.7. The van der Waals surface area contributed by atoms with Crippen molar-refractivity contribution in [3.8, 4) is 0 Å². The minimum absolute atomic E-state index is 0.0403. The lowest BCUT2D eigenvalue weighted by molar-refractivity contribution is -0.176. The third kappa shape index (κ3) is 2.89. The van der Waals surface area contributed by atoms with Crippen LogP contribution >= 0.6 is 23.1 Å². The zero-order valence-corrected chi connectivity index (χ0v) is 17.6. The van der Waals surface area contributed by atoms with E-state index in [9.17, 15) is 24.3 Å². The number of carbonyl (C=O) groups is 4. The number of fused-ring (bicyclic) bond motifs is 1. The van der Waals surface area contributed by atoms with Crippen molar-refractivity contribution in [1.29, 1.82) is 5.41 Å². The SMILES string of the molecule is CC1(C)S[C@@H]2[C@H](N(C(=O)C(=N)c3csc(N)n3)N3CCNC3=O)C(=O)N2[C@H]1C(=O)O. The predicted molar refractivity (Wildman–Crippen MR) is 108 cm³/mol. The Bertz CT molecular complexity index is 979. The molecular formula is C16H19N7O5S2. The second kappa shape index (κ2) is 6.84. The number of aliphatic carboxylic acids is 1. The van der Waals surface area contributed by atoms with E-state index in [1.807, 2.05) is 0 Å². The van der Waals surface area contributed by atoms with Gasteiger partial charge in [-0.25, -0.2) is 24.6 Å². The van der Waals surface area contributed by atoms with E-state index in [-0.39, 0.29) is 23.9 Å². The fourth-order valence-electron chi connectivity index (χ4n) is 3.90. The van der Waals surface area contributed by atoms with Crippen molar-refractivity contribution in [2.75, 3.05) is 18.8 Å². The lowest BCUT2D eigenvalue weighted by atomic mass is 9.95. The average Bonchev–Trinajstić information content (AvgIpc) is 3.34. The van der Waals surface area contributed by atoms with Gasteiger partial charge in [-0.2, -0.15) is 0 Å². The largest absolute Gasteiger partial charge is 0.480 e. The molecule has 4 rings (SSSR count). The number of nitrogen functional groups attached to an aromatic ring is 1. The minimum Gasteiger partial charge on any atom is -0.480 e. The molecule has 160 valence electrons. The van der Waals surface area contributed by atoms with Crippen LogP contribution in [0.5, 0.6) is 0 Å². The Morgan fingerprint density at radius 1 is 1.43 bits per heavy atom. The van der Waals surface area contributed by atoms with Gasteiger partial charge in [0.2, 0.25) is 0 Å². The van der Waals surface area contributed by atoms with E-state index in [4.69, 9.17) is 11.1 Å². The van der Waals surface area contributed by atoms with Crippen molar-refractivity contribution >= 4 is 57.8 Å². The lowest BCUT2D eigenvalue weighted by Gasteiger charge is -2.49. The number of β-lactam (4-membered cyclic amide) rings is 1. The number of nitrogens with zero attached hydrogens (tertiary/aromatic N) is 4. The summed E-state index contributed by atoms with van der Waals surface area (Å²) < 4.78 is -0.792. The third-order valence-electron chi connectivity index (χ3n) is 5.20. The number of rotatable bonds is 5. The number of amides is 4. The van der Waals surface area contributed by atoms with E-state index >= 15 is 0 Å². The number of carboxylic acid groups (broad SMARTS) is 1. The number of carboxylic acids is 1. The van der Waals surface area contributed by atoms with E-state index in [0.29, 0.717) is 0 Å². The summed E-state index contributed by atoms with van der Waals surface area (Å²) in [6, 6.07) is -2.73. The Labute approximate surface area is 178 Å². The normalized spacial score (nSPS) is 26.8. The van der Waals surface area contributed by atoms with Gasteiger partial charge in [0, 0.05) is 16.7 Å². The maximum atomic E-state index is 13.2. The number of nitrogens with one attached hydrogen (secondary N) is 2. The zero-order chi connectivity index (χ0) is 22.0. The van der Waals surface area contributed by atoms with Gasteiger partial charge in [-0.05, 0) is 13.8 Å². The molecule has 0 radical (unpaired) electrons. The number of thiazole rings is 1. The Balaban J connectivity index is 1.69. The summed E-state index contributed by atoms with van der Waals surface area (Å²) in [6.07, 6.45) is 0. The number of nitrogens with two attached hydrogens (primary N) is 1. The molecular weight excluding hydrogens is 434 g/mol. The Morgan fingerprint density at radius 2 is 2.13 bits per heavy atom. The van der Waals surface area contributed by atoms with Gasteiger partial charge < -0.3 is 21.1 Å². The Morgan fingerprint density at radius 3 is 2.67 bits per heavy atom. The van der Waals surface area contributed by atoms with Gasteiger partial charge >= 0.3 is 12.0 Å². The molecule has 0 aromatic carbocycles. The van der Waals surface area contributed by atoms with E-state index in [1.54, 1.807) is 13.8 Å². The van der Waals surface area contributed by atoms with Crippen molar-refractivity contribution < 1.29 is 24.3 Å². The summed E-state index contributed by atoms with van der Waals surface area (Å²) in [5.74, 6) is -2.60. The van der Waals surface area contributed by atoms with Crippen LogP contribution < -0.4 is 11.1 Å². The molecule has 5 N–H and O–H groups in total. The second-order valence-corrected chi connectivity index (χ2v) is 10.2. The molecule has 0 spiro atoms. The summed E-state index contributed by atoms with van der Waals surface area (Å²) in [7, 11) is 0. The van der Waals surface area contributed by atoms with Crippen LogP contribution in [-0.2, 0) is 14.4 Å². The maximum Gasteiger partial charge on any atom is 0.336 e. The van der Waals surface area contributed by atoms with Crippen LogP contribution in [0, 0.1) is 5.41 Å². The van der Waals surface area contributed by atoms with Gasteiger partial charge in [0.25, 0.3) is 11.8 Å². The summed E-state index contributed by atoms with van der Waals surface area (Å²) in [6.45, 7) is 3.83. The number of carbonyl (C=O) groups excluding carboxylic acids is 3. The molecule has 0 unspecified atom stereocenters. The quantitative estimate of drug-likeness (QED) is 0.337. The molecule has 0 aliphatic carbocycles. The molecule has 4 heterocycles. The van der Waals surface area contributed by atoms with Gasteiger partial charge in [0.05, 0.1) is 6.54 Å². The van der Waals surface area contributed by atoms with Crippen LogP contribution in [0.25, 0.3) is 0 Å². The monoisotopic (exact) mass is 453 g/mol. The summed E-state index contributed by atoms with van der Waals surface area (Å²) in [5.41, 5.74) is 5.12. The third-order valence-corrected chi connectivity index (χ3v) is 7.44. The second-order valence-electron chi connectivity index (χ2n) is 7.49. The molecule has 1 aromatic rings. The summed E-state index contributed by atoms with van der Waals surface area (Å²) >= 11 is 2.31. The molecule has 4 amide bonds. The molecule has 3 atom stereocenters. The van der Waals surface area contributed by atoms with Crippen molar-refractivity contribution in [1.82, 2.24) is 25.2 Å². The molecule has 3 fully saturated rings. The molecule has 3 aliphatic heterocycles. The minimum atomic E-state index is -1.13. The van der Waals surface area contributed by atoms with Crippen LogP contribution in [0.3, 0.4) is 0 Å². The van der Waals surface area contributed by atoms with Gasteiger partial charge in [-0.3, -0.25) is 15.0 Å². The van der Waals surface area contributed by atoms with E-state index in [1.165, 1.54) is 22.0 Å². The summed E-state index contributed by atoms with van der Waals surface area (Å²) in [4.78, 5) is 55.5. The number of hydrogen-bond donors (Lipinski definition) is 4. The first kappa shape index (κ1) is 20.4. The standard InChI is InChI=1S/C16H19N7O5S2/c1-16(2)9(13(26)27)22-11(25)8(12(22)30-16)23(21-4-3-19-15(21)28)10(24)7(17)6-5-29-14(18)20-6/h5,8-9,12,17H,3-4H2,1-2H3,(H2,18,20)(H,19,28)(H,26,27)/t8-,9+,12-/m1/s1. The number of hydrogen-bond acceptors (Lipinski definition) is 9. The van der Waals surface area contributed by atoms with Crippen molar-refractivity contribution in [3.63, 3.8) is 0 Å². The molecule has 1 aromatic heterocycles. The fraction of sp³-hybridized carbons (Fsp3) is 0.500. The van der Waals surface area contributed by atoms with Crippen LogP contribution in [0.15, 0.2) is 5.38 Å². The predicted octanol–water partition coefficient (Wildman–Crippen LogP) is -0.623. The molecule has 0 saturated carbocycles. The van der Waals surface area contributed by atoms with Crippen LogP contribution in [0.1, 0.15) is 19.5 Å². The fourth-order valence-corrected chi connectivity index (χ4v) is 6.12. The van der Waals surface area contributed by atoms with Crippen molar-refractivity contribution in [3.05, 3.63) is 11.1 Å². The topological polar surface area (TPSA) is 173 Å². The van der Waals surface area contributed by atoms with E-state index in [2.05, 4.69) is 10.3 Å². The number of hydrazine groups is 1. The van der Waals surface area contributed by atoms with Crippen LogP contribution in [0.4, 0.5) is 9.93 Å². The number of anilines is 1.